The summed E-state index contributed by atoms with van der Waals surface area (Å²) < 4.78 is 0. The molecule has 0 aromatic heterocycles. The fourth-order valence-corrected chi connectivity index (χ4v) is 2.27. The van der Waals surface area contributed by atoms with Gasteiger partial charge in [0.15, 0.2) is 0 Å². The minimum absolute atomic E-state index is 0.639. The number of rotatable bonds is 9. The highest BCUT2D eigenvalue weighted by Crippen LogP contribution is 2.11. The van der Waals surface area contributed by atoms with Crippen molar-refractivity contribution >= 4 is 0 Å². The molecule has 1 aromatic carbocycles. The van der Waals surface area contributed by atoms with Gasteiger partial charge in [-0.05, 0) is 31.1 Å². The fraction of sp³-hybridized carbons (Fsp3) is 0.625. The summed E-state index contributed by atoms with van der Waals surface area (Å²) in [4.78, 5) is 2.40. The van der Waals surface area contributed by atoms with Crippen LogP contribution in [0.3, 0.4) is 0 Å². The Balaban J connectivity index is 2.28. The Labute approximate surface area is 112 Å². The molecule has 0 saturated heterocycles. The Morgan fingerprint density at radius 3 is 2.33 bits per heavy atom. The van der Waals surface area contributed by atoms with Crippen LogP contribution in [0.5, 0.6) is 0 Å². The van der Waals surface area contributed by atoms with Gasteiger partial charge in [-0.2, -0.15) is 0 Å². The summed E-state index contributed by atoms with van der Waals surface area (Å²) in [6.07, 6.45) is 6.74. The summed E-state index contributed by atoms with van der Waals surface area (Å²) >= 11 is 0. The van der Waals surface area contributed by atoms with Crippen LogP contribution < -0.4 is 5.73 Å². The molecule has 0 saturated carbocycles. The maximum atomic E-state index is 5.76. The van der Waals surface area contributed by atoms with Crippen LogP contribution in [0.2, 0.25) is 0 Å². The van der Waals surface area contributed by atoms with Crippen LogP contribution in [0.25, 0.3) is 0 Å². The van der Waals surface area contributed by atoms with Gasteiger partial charge in [-0.25, -0.2) is 0 Å². The molecule has 2 nitrogen and oxygen atoms in total. The maximum absolute atomic E-state index is 5.76. The molecule has 1 aromatic rings. The van der Waals surface area contributed by atoms with Gasteiger partial charge in [0, 0.05) is 13.1 Å². The van der Waals surface area contributed by atoms with E-state index in [9.17, 15) is 0 Å². The number of nitrogens with two attached hydrogens (primary N) is 1. The van der Waals surface area contributed by atoms with Crippen LogP contribution in [0, 0.1) is 0 Å². The van der Waals surface area contributed by atoms with Crippen molar-refractivity contribution in [2.45, 2.75) is 52.1 Å². The van der Waals surface area contributed by atoms with Gasteiger partial charge in [-0.1, -0.05) is 56.9 Å². The third-order valence-corrected chi connectivity index (χ3v) is 3.42. The first-order valence-electron chi connectivity index (χ1n) is 7.23. The molecule has 2 N–H and O–H groups in total. The second-order valence-corrected chi connectivity index (χ2v) is 5.12. The second kappa shape index (κ2) is 9.12. The molecule has 0 bridgehead atoms. The van der Waals surface area contributed by atoms with E-state index < -0.39 is 0 Å². The quantitative estimate of drug-likeness (QED) is 0.677. The lowest BCUT2D eigenvalue weighted by Crippen LogP contribution is -2.20. The summed E-state index contributed by atoms with van der Waals surface area (Å²) in [6.45, 7) is 5.10. The first kappa shape index (κ1) is 15.2. The predicted octanol–water partition coefficient (Wildman–Crippen LogP) is 3.55. The van der Waals surface area contributed by atoms with Gasteiger partial charge in [0.2, 0.25) is 0 Å². The zero-order chi connectivity index (χ0) is 13.2. The van der Waals surface area contributed by atoms with Gasteiger partial charge in [-0.3, -0.25) is 0 Å². The van der Waals surface area contributed by atoms with Crippen LogP contribution >= 0.6 is 0 Å². The SMILES string of the molecule is CCCCCCCN(C)Cc1ccccc1CN. The Hall–Kier alpha value is -0.860. The Morgan fingerprint density at radius 2 is 1.67 bits per heavy atom. The first-order valence-corrected chi connectivity index (χ1v) is 7.23. The standard InChI is InChI=1S/C16H28N2/c1-3-4-5-6-9-12-18(2)14-16-11-8-7-10-15(16)13-17/h7-8,10-11H,3-6,9,12-14,17H2,1-2H3. The molecule has 102 valence electrons. The van der Waals surface area contributed by atoms with E-state index in [0.29, 0.717) is 6.54 Å². The van der Waals surface area contributed by atoms with E-state index in [2.05, 4.69) is 43.1 Å². The molecule has 0 amide bonds. The number of hydrogen-bond donors (Lipinski definition) is 1. The van der Waals surface area contributed by atoms with Gasteiger partial charge in [-0.15, -0.1) is 0 Å². The van der Waals surface area contributed by atoms with Crippen molar-refractivity contribution in [1.29, 1.82) is 0 Å². The second-order valence-electron chi connectivity index (χ2n) is 5.12. The Bertz CT molecular complexity index is 323. The lowest BCUT2D eigenvalue weighted by molar-refractivity contribution is 0.315. The van der Waals surface area contributed by atoms with Crippen molar-refractivity contribution in [3.8, 4) is 0 Å². The highest BCUT2D eigenvalue weighted by molar-refractivity contribution is 5.26. The van der Waals surface area contributed by atoms with Crippen molar-refractivity contribution in [2.24, 2.45) is 5.73 Å². The molecule has 0 unspecified atom stereocenters. The Kier molecular flexibility index (Phi) is 7.70. The molecule has 0 heterocycles. The minimum Gasteiger partial charge on any atom is -0.326 e. The average molecular weight is 248 g/mol. The average Bonchev–Trinajstić information content (AvgIpc) is 2.39. The summed E-state index contributed by atoms with van der Waals surface area (Å²) in [7, 11) is 2.20. The van der Waals surface area contributed by atoms with Gasteiger partial charge in [0.1, 0.15) is 0 Å². The van der Waals surface area contributed by atoms with Crippen molar-refractivity contribution < 1.29 is 0 Å². The molecular weight excluding hydrogens is 220 g/mol. The molecule has 0 atom stereocenters. The molecule has 1 rings (SSSR count). The zero-order valence-electron chi connectivity index (χ0n) is 12.0. The van der Waals surface area contributed by atoms with Gasteiger partial charge in [0.05, 0.1) is 0 Å². The molecular formula is C16H28N2. The monoisotopic (exact) mass is 248 g/mol. The Morgan fingerprint density at radius 1 is 1.00 bits per heavy atom. The van der Waals surface area contributed by atoms with Crippen LogP contribution in [-0.4, -0.2) is 18.5 Å². The molecule has 0 radical (unpaired) electrons. The van der Waals surface area contributed by atoms with E-state index in [4.69, 9.17) is 5.73 Å². The highest BCUT2D eigenvalue weighted by atomic mass is 15.1. The van der Waals surface area contributed by atoms with Gasteiger partial charge < -0.3 is 10.6 Å². The molecule has 0 fully saturated rings. The zero-order valence-corrected chi connectivity index (χ0v) is 12.0. The molecule has 0 aliphatic rings. The number of hydrogen-bond acceptors (Lipinski definition) is 2. The summed E-state index contributed by atoms with van der Waals surface area (Å²) in [5, 5.41) is 0. The summed E-state index contributed by atoms with van der Waals surface area (Å²) in [5.41, 5.74) is 8.41. The van der Waals surface area contributed by atoms with Crippen molar-refractivity contribution in [1.82, 2.24) is 4.90 Å². The van der Waals surface area contributed by atoms with Crippen LogP contribution in [-0.2, 0) is 13.1 Å². The van der Waals surface area contributed by atoms with E-state index in [1.807, 2.05) is 0 Å². The first-order chi connectivity index (χ1) is 8.77. The number of unbranched alkanes of at least 4 members (excludes halogenated alkanes) is 4. The summed E-state index contributed by atoms with van der Waals surface area (Å²) in [6, 6.07) is 8.49. The normalized spacial score (nSPS) is 11.1. The van der Waals surface area contributed by atoms with Crippen LogP contribution in [0.4, 0.5) is 0 Å². The van der Waals surface area contributed by atoms with E-state index in [1.165, 1.54) is 49.8 Å². The van der Waals surface area contributed by atoms with E-state index in [1.54, 1.807) is 0 Å². The van der Waals surface area contributed by atoms with Crippen molar-refractivity contribution in [3.05, 3.63) is 35.4 Å². The molecule has 0 aliphatic carbocycles. The predicted molar refractivity (Wildman–Crippen MR) is 79.4 cm³/mol. The number of benzene rings is 1. The maximum Gasteiger partial charge on any atom is 0.0233 e. The smallest absolute Gasteiger partial charge is 0.0233 e. The van der Waals surface area contributed by atoms with Crippen molar-refractivity contribution in [3.63, 3.8) is 0 Å². The number of nitrogens with zero attached hydrogens (tertiary/aromatic N) is 1. The lowest BCUT2D eigenvalue weighted by atomic mass is 10.1. The largest absolute Gasteiger partial charge is 0.326 e. The fourth-order valence-electron chi connectivity index (χ4n) is 2.27. The summed E-state index contributed by atoms with van der Waals surface area (Å²) in [5.74, 6) is 0. The van der Waals surface area contributed by atoms with Gasteiger partial charge >= 0.3 is 0 Å². The minimum atomic E-state index is 0.639. The van der Waals surface area contributed by atoms with E-state index in [0.717, 1.165) is 6.54 Å². The van der Waals surface area contributed by atoms with E-state index in [-0.39, 0.29) is 0 Å². The van der Waals surface area contributed by atoms with Crippen LogP contribution in [0.1, 0.15) is 50.2 Å². The highest BCUT2D eigenvalue weighted by Gasteiger charge is 2.03. The van der Waals surface area contributed by atoms with Crippen molar-refractivity contribution in [2.75, 3.05) is 13.6 Å². The molecule has 2 heteroatoms. The van der Waals surface area contributed by atoms with Gasteiger partial charge in [0.25, 0.3) is 0 Å². The topological polar surface area (TPSA) is 29.3 Å². The van der Waals surface area contributed by atoms with Crippen LogP contribution in [0.15, 0.2) is 24.3 Å². The lowest BCUT2D eigenvalue weighted by Gasteiger charge is -2.18. The molecule has 0 spiro atoms. The molecule has 0 aliphatic heterocycles. The third-order valence-electron chi connectivity index (χ3n) is 3.42. The van der Waals surface area contributed by atoms with E-state index >= 15 is 0 Å². The third kappa shape index (κ3) is 5.65. The molecule has 18 heavy (non-hydrogen) atoms.